The lowest BCUT2D eigenvalue weighted by Crippen LogP contribution is -2.44. The number of hydrogen-bond donors (Lipinski definition) is 1. The number of urea groups is 1. The molecule has 0 aliphatic carbocycles. The lowest BCUT2D eigenvalue weighted by Gasteiger charge is -2.26. The minimum absolute atomic E-state index is 0.102. The predicted octanol–water partition coefficient (Wildman–Crippen LogP) is 2.85. The van der Waals surface area contributed by atoms with Gasteiger partial charge in [0.1, 0.15) is 5.75 Å². The molecule has 1 aromatic carbocycles. The molecule has 4 nitrogen and oxygen atoms in total. The fourth-order valence-corrected chi connectivity index (χ4v) is 3.01. The third-order valence-corrected chi connectivity index (χ3v) is 4.10. The van der Waals surface area contributed by atoms with Gasteiger partial charge in [-0.2, -0.15) is 20.5 Å². The summed E-state index contributed by atoms with van der Waals surface area (Å²) in [6.45, 7) is 0.585. The third kappa shape index (κ3) is 4.77. The van der Waals surface area contributed by atoms with E-state index >= 15 is 0 Å². The summed E-state index contributed by atoms with van der Waals surface area (Å²) >= 11 is 1.82. The molecule has 21 heavy (non-hydrogen) atoms. The van der Waals surface area contributed by atoms with Crippen molar-refractivity contribution in [2.45, 2.75) is 20.1 Å². The van der Waals surface area contributed by atoms with E-state index < -0.39 is 6.61 Å². The quantitative estimate of drug-likeness (QED) is 0.929. The zero-order valence-corrected chi connectivity index (χ0v) is 12.6. The predicted molar refractivity (Wildman–Crippen MR) is 78.9 cm³/mol. The molecule has 0 radical (unpaired) electrons. The van der Waals surface area contributed by atoms with E-state index in [2.05, 4.69) is 10.1 Å². The molecule has 0 aromatic heterocycles. The van der Waals surface area contributed by atoms with Gasteiger partial charge < -0.3 is 15.0 Å². The number of nitrogens with zero attached hydrogens (tertiary/aromatic N) is 1. The summed E-state index contributed by atoms with van der Waals surface area (Å²) in [6, 6.07) is 4.77. The summed E-state index contributed by atoms with van der Waals surface area (Å²) in [5.74, 6) is 1.96. The van der Waals surface area contributed by atoms with Crippen LogP contribution in [-0.4, -0.2) is 42.1 Å². The summed E-state index contributed by atoms with van der Waals surface area (Å²) in [5, 5.41) is 2.76. The maximum absolute atomic E-state index is 12.4. The van der Waals surface area contributed by atoms with Gasteiger partial charge in [-0.15, -0.1) is 0 Å². The molecule has 0 unspecified atom stereocenters. The van der Waals surface area contributed by atoms with Crippen molar-refractivity contribution in [2.24, 2.45) is 0 Å². The standard InChI is InChI=1S/C14H18F2N2O2S/c1-10-2-3-12(20-13(15)16)11(8-10)9-17-14(19)18-4-6-21-7-5-18/h2-3,8,13H,4-7,9H2,1H3,(H,17,19). The van der Waals surface area contributed by atoms with Gasteiger partial charge in [0.2, 0.25) is 0 Å². The van der Waals surface area contributed by atoms with Crippen LogP contribution in [0.1, 0.15) is 11.1 Å². The summed E-state index contributed by atoms with van der Waals surface area (Å²) in [5.41, 5.74) is 1.48. The Morgan fingerprint density at radius 2 is 2.14 bits per heavy atom. The van der Waals surface area contributed by atoms with Crippen molar-refractivity contribution >= 4 is 17.8 Å². The molecule has 2 rings (SSSR count). The molecule has 0 spiro atoms. The maximum Gasteiger partial charge on any atom is 0.387 e. The number of thioether (sulfide) groups is 1. The van der Waals surface area contributed by atoms with Crippen molar-refractivity contribution in [3.63, 3.8) is 0 Å². The summed E-state index contributed by atoms with van der Waals surface area (Å²) < 4.78 is 29.2. The Hall–Kier alpha value is -1.50. The number of benzene rings is 1. The van der Waals surface area contributed by atoms with Gasteiger partial charge in [-0.05, 0) is 13.0 Å². The van der Waals surface area contributed by atoms with E-state index in [4.69, 9.17) is 0 Å². The van der Waals surface area contributed by atoms with Gasteiger partial charge in [-0.3, -0.25) is 0 Å². The Morgan fingerprint density at radius 3 is 2.81 bits per heavy atom. The molecule has 2 amide bonds. The van der Waals surface area contributed by atoms with Crippen molar-refractivity contribution < 1.29 is 18.3 Å². The van der Waals surface area contributed by atoms with E-state index in [1.54, 1.807) is 17.0 Å². The molecule has 1 aromatic rings. The molecule has 1 aliphatic heterocycles. The Kier molecular flexibility index (Phi) is 5.67. The summed E-state index contributed by atoms with van der Waals surface area (Å²) in [6.07, 6.45) is 0. The minimum Gasteiger partial charge on any atom is -0.434 e. The highest BCUT2D eigenvalue weighted by Gasteiger charge is 2.17. The zero-order chi connectivity index (χ0) is 15.2. The SMILES string of the molecule is Cc1ccc(OC(F)F)c(CNC(=O)N2CCSCC2)c1. The summed E-state index contributed by atoms with van der Waals surface area (Å²) in [7, 11) is 0. The van der Waals surface area contributed by atoms with Gasteiger partial charge >= 0.3 is 12.6 Å². The Morgan fingerprint density at radius 1 is 1.43 bits per heavy atom. The average Bonchev–Trinajstić information content (AvgIpc) is 2.47. The largest absolute Gasteiger partial charge is 0.434 e. The fraction of sp³-hybridized carbons (Fsp3) is 0.500. The van der Waals surface area contributed by atoms with E-state index in [9.17, 15) is 13.6 Å². The van der Waals surface area contributed by atoms with Gasteiger partial charge in [0, 0.05) is 36.7 Å². The van der Waals surface area contributed by atoms with E-state index in [1.807, 2.05) is 18.7 Å². The van der Waals surface area contributed by atoms with Gasteiger partial charge in [0.25, 0.3) is 0 Å². The van der Waals surface area contributed by atoms with Crippen LogP contribution < -0.4 is 10.1 Å². The van der Waals surface area contributed by atoms with Crippen molar-refractivity contribution in [1.29, 1.82) is 0 Å². The maximum atomic E-state index is 12.4. The van der Waals surface area contributed by atoms with Crippen LogP contribution in [-0.2, 0) is 6.54 Å². The highest BCUT2D eigenvalue weighted by Crippen LogP contribution is 2.22. The number of ether oxygens (including phenoxy) is 1. The Labute approximate surface area is 126 Å². The first-order valence-electron chi connectivity index (χ1n) is 6.71. The molecule has 1 fully saturated rings. The lowest BCUT2D eigenvalue weighted by atomic mass is 10.1. The molecule has 1 heterocycles. The number of halogens is 2. The molecule has 0 atom stereocenters. The topological polar surface area (TPSA) is 41.6 Å². The van der Waals surface area contributed by atoms with Gasteiger partial charge in [-0.1, -0.05) is 17.7 Å². The number of amides is 2. The highest BCUT2D eigenvalue weighted by molar-refractivity contribution is 7.99. The van der Waals surface area contributed by atoms with E-state index in [0.717, 1.165) is 17.1 Å². The number of carbonyl (C=O) groups is 1. The average molecular weight is 316 g/mol. The molecule has 116 valence electrons. The minimum atomic E-state index is -2.87. The molecule has 7 heteroatoms. The highest BCUT2D eigenvalue weighted by atomic mass is 32.2. The smallest absolute Gasteiger partial charge is 0.387 e. The van der Waals surface area contributed by atoms with Crippen molar-refractivity contribution in [1.82, 2.24) is 10.2 Å². The molecular formula is C14H18F2N2O2S. The molecule has 1 aliphatic rings. The van der Waals surface area contributed by atoms with Crippen LogP contribution in [0.4, 0.5) is 13.6 Å². The Balaban J connectivity index is 1.97. The number of alkyl halides is 2. The molecule has 1 N–H and O–H groups in total. The molecular weight excluding hydrogens is 298 g/mol. The first-order valence-corrected chi connectivity index (χ1v) is 7.86. The van der Waals surface area contributed by atoms with E-state index in [1.165, 1.54) is 6.07 Å². The number of hydrogen-bond acceptors (Lipinski definition) is 3. The first kappa shape index (κ1) is 15.9. The first-order chi connectivity index (χ1) is 10.1. The normalized spacial score (nSPS) is 15.1. The third-order valence-electron chi connectivity index (χ3n) is 3.16. The van der Waals surface area contributed by atoms with Gasteiger partial charge in [0.05, 0.1) is 0 Å². The zero-order valence-electron chi connectivity index (χ0n) is 11.8. The van der Waals surface area contributed by atoms with Crippen LogP contribution in [0.2, 0.25) is 0 Å². The lowest BCUT2D eigenvalue weighted by molar-refractivity contribution is -0.0504. The van der Waals surface area contributed by atoms with Crippen LogP contribution in [0.25, 0.3) is 0 Å². The number of carbonyl (C=O) groups excluding carboxylic acids is 1. The van der Waals surface area contributed by atoms with Crippen LogP contribution >= 0.6 is 11.8 Å². The second-order valence-electron chi connectivity index (χ2n) is 4.75. The van der Waals surface area contributed by atoms with Crippen LogP contribution in [0.3, 0.4) is 0 Å². The van der Waals surface area contributed by atoms with Crippen LogP contribution in [0.5, 0.6) is 5.75 Å². The molecule has 1 saturated heterocycles. The van der Waals surface area contributed by atoms with Crippen molar-refractivity contribution in [2.75, 3.05) is 24.6 Å². The van der Waals surface area contributed by atoms with E-state index in [0.29, 0.717) is 18.7 Å². The van der Waals surface area contributed by atoms with Crippen LogP contribution in [0, 0.1) is 6.92 Å². The number of rotatable bonds is 4. The van der Waals surface area contributed by atoms with Gasteiger partial charge in [0.15, 0.2) is 0 Å². The van der Waals surface area contributed by atoms with Crippen molar-refractivity contribution in [3.05, 3.63) is 29.3 Å². The van der Waals surface area contributed by atoms with Crippen LogP contribution in [0.15, 0.2) is 18.2 Å². The second kappa shape index (κ2) is 7.49. The molecule has 0 bridgehead atoms. The molecule has 0 saturated carbocycles. The number of nitrogens with one attached hydrogen (secondary N) is 1. The monoisotopic (exact) mass is 316 g/mol. The van der Waals surface area contributed by atoms with Crippen molar-refractivity contribution in [3.8, 4) is 5.75 Å². The number of aryl methyl sites for hydroxylation is 1. The summed E-state index contributed by atoms with van der Waals surface area (Å²) in [4.78, 5) is 13.7. The Bertz CT molecular complexity index is 494. The van der Waals surface area contributed by atoms with Gasteiger partial charge in [-0.25, -0.2) is 4.79 Å². The second-order valence-corrected chi connectivity index (χ2v) is 5.97. The fourth-order valence-electron chi connectivity index (χ4n) is 2.11. The van der Waals surface area contributed by atoms with E-state index in [-0.39, 0.29) is 18.3 Å².